The summed E-state index contributed by atoms with van der Waals surface area (Å²) in [6.45, 7) is 0.332. The smallest absolute Gasteiger partial charge is 0.165 e. The van der Waals surface area contributed by atoms with Crippen LogP contribution in [0.15, 0.2) is 66.9 Å². The normalized spacial score (nSPS) is 10.5. The molecule has 22 heavy (non-hydrogen) atoms. The lowest BCUT2D eigenvalue weighted by Crippen LogP contribution is -1.97. The van der Waals surface area contributed by atoms with Crippen LogP contribution in [0.25, 0.3) is 11.1 Å². The lowest BCUT2D eigenvalue weighted by Gasteiger charge is -2.09. The van der Waals surface area contributed by atoms with Crippen LogP contribution in [-0.4, -0.2) is 4.98 Å². The number of halogens is 2. The zero-order valence-electron chi connectivity index (χ0n) is 11.7. The van der Waals surface area contributed by atoms with E-state index in [2.05, 4.69) is 4.98 Å². The summed E-state index contributed by atoms with van der Waals surface area (Å²) in [5.74, 6) is -0.172. The molecule has 110 valence electrons. The molecule has 2 aromatic carbocycles. The molecule has 1 heterocycles. The Bertz CT molecular complexity index is 777. The second kappa shape index (κ2) is 6.58. The third-order valence-corrected chi connectivity index (χ3v) is 3.44. The van der Waals surface area contributed by atoms with Gasteiger partial charge in [-0.2, -0.15) is 0 Å². The van der Waals surface area contributed by atoms with Crippen molar-refractivity contribution in [3.63, 3.8) is 0 Å². The van der Waals surface area contributed by atoms with E-state index in [0.29, 0.717) is 11.8 Å². The minimum atomic E-state index is -0.402. The van der Waals surface area contributed by atoms with Gasteiger partial charge >= 0.3 is 0 Å². The van der Waals surface area contributed by atoms with E-state index in [9.17, 15) is 4.39 Å². The maximum atomic E-state index is 14.2. The van der Waals surface area contributed by atoms with Gasteiger partial charge in [0.05, 0.1) is 0 Å². The van der Waals surface area contributed by atoms with Gasteiger partial charge in [0.25, 0.3) is 0 Å². The molecule has 0 fully saturated rings. The van der Waals surface area contributed by atoms with Gasteiger partial charge in [0.1, 0.15) is 11.8 Å². The Kier molecular flexibility index (Phi) is 4.35. The van der Waals surface area contributed by atoms with E-state index in [1.54, 1.807) is 30.5 Å². The van der Waals surface area contributed by atoms with Gasteiger partial charge in [0.15, 0.2) is 11.6 Å². The molecule has 0 aliphatic rings. The first-order valence-corrected chi connectivity index (χ1v) is 7.18. The summed E-state index contributed by atoms with van der Waals surface area (Å²) in [6.07, 6.45) is 1.59. The van der Waals surface area contributed by atoms with Gasteiger partial charge in [-0.25, -0.2) is 9.37 Å². The first-order valence-electron chi connectivity index (χ1n) is 6.80. The molecule has 0 bridgehead atoms. The number of hydrogen-bond acceptors (Lipinski definition) is 2. The second-order valence-electron chi connectivity index (χ2n) is 4.79. The molecule has 2 nitrogen and oxygen atoms in total. The van der Waals surface area contributed by atoms with Crippen molar-refractivity contribution in [2.75, 3.05) is 0 Å². The quantitative estimate of drug-likeness (QED) is 0.624. The number of rotatable bonds is 4. The maximum absolute atomic E-state index is 14.2. The van der Waals surface area contributed by atoms with E-state index in [0.717, 1.165) is 16.7 Å². The number of nitrogens with zero attached hydrogens (tertiary/aromatic N) is 1. The Morgan fingerprint density at radius 2 is 1.73 bits per heavy atom. The summed E-state index contributed by atoms with van der Waals surface area (Å²) < 4.78 is 19.7. The fraction of sp³-hybridized carbons (Fsp3) is 0.0556. The lowest BCUT2D eigenvalue weighted by molar-refractivity contribution is 0.290. The highest BCUT2D eigenvalue weighted by atomic mass is 35.5. The highest BCUT2D eigenvalue weighted by Gasteiger charge is 2.07. The predicted molar refractivity (Wildman–Crippen MR) is 85.4 cm³/mol. The molecule has 0 amide bonds. The molecule has 0 unspecified atom stereocenters. The lowest BCUT2D eigenvalue weighted by atomic mass is 10.1. The monoisotopic (exact) mass is 313 g/mol. The minimum absolute atomic E-state index is 0.229. The van der Waals surface area contributed by atoms with Crippen molar-refractivity contribution >= 4 is 11.6 Å². The second-order valence-corrected chi connectivity index (χ2v) is 5.17. The van der Waals surface area contributed by atoms with Crippen LogP contribution in [0.5, 0.6) is 5.75 Å². The van der Waals surface area contributed by atoms with Gasteiger partial charge in [0.2, 0.25) is 0 Å². The van der Waals surface area contributed by atoms with Gasteiger partial charge in [-0.15, -0.1) is 0 Å². The molecule has 0 aliphatic heterocycles. The zero-order valence-corrected chi connectivity index (χ0v) is 12.4. The number of hydrogen-bond donors (Lipinski definition) is 0. The fourth-order valence-electron chi connectivity index (χ4n) is 2.11. The summed E-state index contributed by atoms with van der Waals surface area (Å²) in [6, 6.07) is 18.0. The molecule has 0 saturated carbocycles. The number of aromatic nitrogens is 1. The van der Waals surface area contributed by atoms with Crippen molar-refractivity contribution in [2.24, 2.45) is 0 Å². The van der Waals surface area contributed by atoms with Crippen molar-refractivity contribution in [3.8, 4) is 16.9 Å². The van der Waals surface area contributed by atoms with E-state index in [1.807, 2.05) is 30.3 Å². The zero-order chi connectivity index (χ0) is 15.4. The summed E-state index contributed by atoms with van der Waals surface area (Å²) in [5, 5.41) is 0.377. The van der Waals surface area contributed by atoms with Crippen molar-refractivity contribution in [3.05, 3.63) is 83.4 Å². The third kappa shape index (κ3) is 3.43. The highest BCUT2D eigenvalue weighted by molar-refractivity contribution is 6.29. The largest absolute Gasteiger partial charge is 0.486 e. The van der Waals surface area contributed by atoms with E-state index in [4.69, 9.17) is 16.3 Å². The average Bonchev–Trinajstić information content (AvgIpc) is 2.54. The van der Waals surface area contributed by atoms with Crippen LogP contribution in [0.4, 0.5) is 4.39 Å². The van der Waals surface area contributed by atoms with Gasteiger partial charge in [-0.05, 0) is 41.0 Å². The molecular weight excluding hydrogens is 301 g/mol. The minimum Gasteiger partial charge on any atom is -0.486 e. The van der Waals surface area contributed by atoms with Gasteiger partial charge in [-0.1, -0.05) is 48.0 Å². The summed E-state index contributed by atoms with van der Waals surface area (Å²) >= 11 is 5.85. The summed E-state index contributed by atoms with van der Waals surface area (Å²) in [7, 11) is 0. The Labute approximate surface area is 133 Å². The van der Waals surface area contributed by atoms with E-state index in [1.165, 1.54) is 6.07 Å². The van der Waals surface area contributed by atoms with Crippen molar-refractivity contribution < 1.29 is 9.13 Å². The molecule has 3 rings (SSSR count). The van der Waals surface area contributed by atoms with E-state index >= 15 is 0 Å². The molecule has 3 aromatic rings. The Morgan fingerprint density at radius 3 is 2.45 bits per heavy atom. The van der Waals surface area contributed by atoms with Crippen molar-refractivity contribution in [1.29, 1.82) is 0 Å². The SMILES string of the molecule is Fc1cc(-c2ccnc(Cl)c2)ccc1OCc1ccccc1. The van der Waals surface area contributed by atoms with Crippen molar-refractivity contribution in [1.82, 2.24) is 4.98 Å². The van der Waals surface area contributed by atoms with Crippen LogP contribution >= 0.6 is 11.6 Å². The average molecular weight is 314 g/mol. The Hall–Kier alpha value is -2.39. The van der Waals surface area contributed by atoms with Crippen molar-refractivity contribution in [2.45, 2.75) is 6.61 Å². The number of benzene rings is 2. The predicted octanol–water partition coefficient (Wildman–Crippen LogP) is 5.12. The molecule has 4 heteroatoms. The maximum Gasteiger partial charge on any atom is 0.165 e. The van der Waals surface area contributed by atoms with Crippen LogP contribution in [0, 0.1) is 5.82 Å². The van der Waals surface area contributed by atoms with Crippen LogP contribution in [0.2, 0.25) is 5.15 Å². The standard InChI is InChI=1S/C18H13ClFNO/c19-18-11-15(8-9-21-18)14-6-7-17(16(20)10-14)22-12-13-4-2-1-3-5-13/h1-11H,12H2. The van der Waals surface area contributed by atoms with Crippen LogP contribution in [-0.2, 0) is 6.61 Å². The Balaban J connectivity index is 1.78. The topological polar surface area (TPSA) is 22.1 Å². The highest BCUT2D eigenvalue weighted by Crippen LogP contribution is 2.27. The molecule has 1 aromatic heterocycles. The number of pyridine rings is 1. The first-order chi connectivity index (χ1) is 10.7. The molecule has 0 N–H and O–H groups in total. The molecule has 0 radical (unpaired) electrons. The third-order valence-electron chi connectivity index (χ3n) is 3.23. The van der Waals surface area contributed by atoms with Crippen LogP contribution < -0.4 is 4.74 Å². The van der Waals surface area contributed by atoms with E-state index < -0.39 is 5.82 Å². The van der Waals surface area contributed by atoms with Crippen LogP contribution in [0.1, 0.15) is 5.56 Å². The fourth-order valence-corrected chi connectivity index (χ4v) is 2.29. The molecular formula is C18H13ClFNO. The molecule has 0 spiro atoms. The number of ether oxygens (including phenoxy) is 1. The van der Waals surface area contributed by atoms with E-state index in [-0.39, 0.29) is 5.75 Å². The summed E-state index contributed by atoms with van der Waals surface area (Å²) in [4.78, 5) is 3.92. The van der Waals surface area contributed by atoms with Gasteiger partial charge in [-0.3, -0.25) is 0 Å². The van der Waals surface area contributed by atoms with Gasteiger partial charge < -0.3 is 4.74 Å². The molecule has 0 saturated heterocycles. The molecule has 0 atom stereocenters. The summed E-state index contributed by atoms with van der Waals surface area (Å²) in [5.41, 5.74) is 2.54. The molecule has 0 aliphatic carbocycles. The first kappa shape index (κ1) is 14.5. The van der Waals surface area contributed by atoms with Gasteiger partial charge in [0, 0.05) is 6.20 Å². The Morgan fingerprint density at radius 1 is 0.955 bits per heavy atom. The van der Waals surface area contributed by atoms with Crippen LogP contribution in [0.3, 0.4) is 0 Å².